The molecule has 2 aromatic carbocycles. The first-order valence-corrected chi connectivity index (χ1v) is 11.0. The molecule has 2 aliphatic rings. The van der Waals surface area contributed by atoms with Gasteiger partial charge < -0.3 is 14.1 Å². The zero-order valence-electron chi connectivity index (χ0n) is 16.2. The van der Waals surface area contributed by atoms with Crippen LogP contribution in [0.4, 0.5) is 0 Å². The number of thioether (sulfide) groups is 1. The normalized spacial score (nSPS) is 16.8. The second-order valence-corrected chi connectivity index (χ2v) is 8.36. The van der Waals surface area contributed by atoms with Crippen molar-refractivity contribution in [1.82, 2.24) is 14.8 Å². The second kappa shape index (κ2) is 8.08. The number of hydrogen-bond acceptors (Lipinski definition) is 6. The molecular weight excluding hydrogens is 386 g/mol. The maximum Gasteiger partial charge on any atom is 0.257 e. The average molecular weight is 410 g/mol. The molecule has 29 heavy (non-hydrogen) atoms. The van der Waals surface area contributed by atoms with E-state index in [-0.39, 0.29) is 5.91 Å². The fourth-order valence-electron chi connectivity index (χ4n) is 3.88. The minimum atomic E-state index is 0.145. The molecule has 1 amide bonds. The molecule has 2 aliphatic heterocycles. The van der Waals surface area contributed by atoms with Gasteiger partial charge in [0.2, 0.25) is 5.91 Å². The lowest BCUT2D eigenvalue weighted by molar-refractivity contribution is -0.130. The van der Waals surface area contributed by atoms with Crippen LogP contribution in [0.15, 0.2) is 52.1 Å². The monoisotopic (exact) mass is 409 g/mol. The molecule has 1 aromatic heterocycles. The van der Waals surface area contributed by atoms with Crippen LogP contribution in [0, 0.1) is 0 Å². The number of benzene rings is 2. The van der Waals surface area contributed by atoms with E-state index in [0.717, 1.165) is 62.6 Å². The van der Waals surface area contributed by atoms with Crippen LogP contribution in [-0.2, 0) is 17.8 Å². The van der Waals surface area contributed by atoms with E-state index >= 15 is 0 Å². The fourth-order valence-corrected chi connectivity index (χ4v) is 4.62. The number of piperazine rings is 1. The van der Waals surface area contributed by atoms with Crippen molar-refractivity contribution >= 4 is 28.8 Å². The summed E-state index contributed by atoms with van der Waals surface area (Å²) in [7, 11) is 0. The maximum absolute atomic E-state index is 12.6. The van der Waals surface area contributed by atoms with Gasteiger partial charge >= 0.3 is 0 Å². The number of carbonyl (C=O) groups excluding carboxylic acids is 1. The van der Waals surface area contributed by atoms with E-state index < -0.39 is 0 Å². The van der Waals surface area contributed by atoms with Gasteiger partial charge in [-0.05, 0) is 29.3 Å². The summed E-state index contributed by atoms with van der Waals surface area (Å²) < 4.78 is 11.3. The molecular formula is C22H23N3O3S. The smallest absolute Gasteiger partial charge is 0.257 e. The van der Waals surface area contributed by atoms with Crippen LogP contribution >= 0.6 is 11.8 Å². The summed E-state index contributed by atoms with van der Waals surface area (Å²) in [6, 6.07) is 14.2. The molecule has 0 bridgehead atoms. The van der Waals surface area contributed by atoms with Gasteiger partial charge in [-0.3, -0.25) is 9.69 Å². The van der Waals surface area contributed by atoms with E-state index in [1.165, 1.54) is 22.9 Å². The third-order valence-electron chi connectivity index (χ3n) is 5.48. The van der Waals surface area contributed by atoms with Gasteiger partial charge in [0.15, 0.2) is 5.58 Å². The lowest BCUT2D eigenvalue weighted by Crippen LogP contribution is -2.48. The van der Waals surface area contributed by atoms with Crippen LogP contribution in [-0.4, -0.2) is 59.2 Å². The lowest BCUT2D eigenvalue weighted by atomic mass is 10.1. The Morgan fingerprint density at radius 3 is 2.83 bits per heavy atom. The molecule has 0 spiro atoms. The Hall–Kier alpha value is -2.51. The summed E-state index contributed by atoms with van der Waals surface area (Å²) in [5, 5.41) is 0.554. The standard InChI is InChI=1S/C22H23N3O3S/c26-21(15-29-22-23-18-3-1-2-4-20(18)28-22)25-10-8-24(9-11-25)14-16-5-6-19-17(13-16)7-12-27-19/h1-6,13H,7-12,14-15H2. The predicted octanol–water partition coefficient (Wildman–Crippen LogP) is 3.20. The maximum atomic E-state index is 12.6. The molecule has 1 fully saturated rings. The molecule has 0 atom stereocenters. The Kier molecular flexibility index (Phi) is 5.16. The number of para-hydroxylation sites is 2. The molecule has 3 heterocycles. The van der Waals surface area contributed by atoms with Crippen LogP contribution in [0.5, 0.6) is 5.75 Å². The van der Waals surface area contributed by atoms with Gasteiger partial charge in [0.05, 0.1) is 12.4 Å². The van der Waals surface area contributed by atoms with E-state index in [1.54, 1.807) is 0 Å². The number of oxazole rings is 1. The van der Waals surface area contributed by atoms with Crippen molar-refractivity contribution in [1.29, 1.82) is 0 Å². The van der Waals surface area contributed by atoms with Gasteiger partial charge in [-0.15, -0.1) is 0 Å². The Bertz CT molecular complexity index is 994. The second-order valence-electron chi connectivity index (χ2n) is 7.43. The SMILES string of the molecule is O=C(CSc1nc2ccccc2o1)N1CCN(Cc2ccc3c(c2)CCO3)CC1. The highest BCUT2D eigenvalue weighted by molar-refractivity contribution is 7.99. The van der Waals surface area contributed by atoms with Gasteiger partial charge in [-0.25, -0.2) is 4.98 Å². The number of amides is 1. The average Bonchev–Trinajstić information content (AvgIpc) is 3.38. The molecule has 5 rings (SSSR count). The molecule has 0 radical (unpaired) electrons. The van der Waals surface area contributed by atoms with Crippen molar-refractivity contribution in [2.45, 2.75) is 18.2 Å². The summed E-state index contributed by atoms with van der Waals surface area (Å²) in [5.74, 6) is 1.53. The van der Waals surface area contributed by atoms with Crippen LogP contribution in [0.1, 0.15) is 11.1 Å². The molecule has 0 unspecified atom stereocenters. The molecule has 3 aromatic rings. The number of ether oxygens (including phenoxy) is 1. The largest absolute Gasteiger partial charge is 0.493 e. The lowest BCUT2D eigenvalue weighted by Gasteiger charge is -2.34. The molecule has 0 saturated carbocycles. The van der Waals surface area contributed by atoms with Crippen LogP contribution in [0.3, 0.4) is 0 Å². The summed E-state index contributed by atoms with van der Waals surface area (Å²) in [6.07, 6.45) is 1.00. The molecule has 150 valence electrons. The summed E-state index contributed by atoms with van der Waals surface area (Å²) in [6.45, 7) is 5.04. The molecule has 0 aliphatic carbocycles. The van der Waals surface area contributed by atoms with Crippen LogP contribution in [0.25, 0.3) is 11.1 Å². The van der Waals surface area contributed by atoms with Crippen LogP contribution < -0.4 is 4.74 Å². The zero-order chi connectivity index (χ0) is 19.6. The van der Waals surface area contributed by atoms with Gasteiger partial charge in [0.25, 0.3) is 5.22 Å². The number of fused-ring (bicyclic) bond motifs is 2. The number of hydrogen-bond donors (Lipinski definition) is 0. The van der Waals surface area contributed by atoms with Crippen molar-refractivity contribution in [2.75, 3.05) is 38.5 Å². The van der Waals surface area contributed by atoms with Gasteiger partial charge in [0, 0.05) is 39.1 Å². The first-order valence-electron chi connectivity index (χ1n) is 9.98. The third-order valence-corrected chi connectivity index (χ3v) is 6.29. The highest BCUT2D eigenvalue weighted by Gasteiger charge is 2.22. The van der Waals surface area contributed by atoms with E-state index in [2.05, 4.69) is 28.1 Å². The van der Waals surface area contributed by atoms with E-state index in [4.69, 9.17) is 9.15 Å². The Morgan fingerprint density at radius 2 is 1.97 bits per heavy atom. The Balaban J connectivity index is 1.11. The summed E-state index contributed by atoms with van der Waals surface area (Å²) in [5.41, 5.74) is 4.22. The molecule has 6 nitrogen and oxygen atoms in total. The van der Waals surface area contributed by atoms with Gasteiger partial charge in [-0.1, -0.05) is 36.0 Å². The number of carbonyl (C=O) groups is 1. The number of rotatable bonds is 5. The minimum Gasteiger partial charge on any atom is -0.493 e. The first kappa shape index (κ1) is 18.5. The van der Waals surface area contributed by atoms with Crippen LogP contribution in [0.2, 0.25) is 0 Å². The van der Waals surface area contributed by atoms with Crippen molar-refractivity contribution in [3.05, 3.63) is 53.6 Å². The highest BCUT2D eigenvalue weighted by atomic mass is 32.2. The summed E-state index contributed by atoms with van der Waals surface area (Å²) in [4.78, 5) is 21.4. The van der Waals surface area contributed by atoms with Crippen molar-refractivity contribution in [2.24, 2.45) is 0 Å². The zero-order valence-corrected chi connectivity index (χ0v) is 17.0. The van der Waals surface area contributed by atoms with Crippen molar-refractivity contribution < 1.29 is 13.9 Å². The minimum absolute atomic E-state index is 0.145. The van der Waals surface area contributed by atoms with E-state index in [0.29, 0.717) is 11.0 Å². The topological polar surface area (TPSA) is 58.8 Å². The molecule has 1 saturated heterocycles. The number of nitrogens with zero attached hydrogens (tertiary/aromatic N) is 3. The van der Waals surface area contributed by atoms with E-state index in [1.807, 2.05) is 29.2 Å². The number of aromatic nitrogens is 1. The van der Waals surface area contributed by atoms with Gasteiger partial charge in [-0.2, -0.15) is 0 Å². The highest BCUT2D eigenvalue weighted by Crippen LogP contribution is 2.27. The van der Waals surface area contributed by atoms with Crippen molar-refractivity contribution in [3.8, 4) is 5.75 Å². The Labute approximate surface area is 173 Å². The molecule has 7 heteroatoms. The van der Waals surface area contributed by atoms with Crippen molar-refractivity contribution in [3.63, 3.8) is 0 Å². The first-order chi connectivity index (χ1) is 14.2. The third kappa shape index (κ3) is 4.11. The summed E-state index contributed by atoms with van der Waals surface area (Å²) >= 11 is 1.37. The van der Waals surface area contributed by atoms with Gasteiger partial charge in [0.1, 0.15) is 11.3 Å². The van der Waals surface area contributed by atoms with E-state index in [9.17, 15) is 4.79 Å². The fraction of sp³-hybridized carbons (Fsp3) is 0.364. The Morgan fingerprint density at radius 1 is 1.10 bits per heavy atom. The predicted molar refractivity (Wildman–Crippen MR) is 112 cm³/mol. The quantitative estimate of drug-likeness (QED) is 0.603. The molecule has 0 N–H and O–H groups in total.